The zero-order valence-corrected chi connectivity index (χ0v) is 10.8. The van der Waals surface area contributed by atoms with Crippen LogP contribution in [0.2, 0.25) is 0 Å². The molecule has 0 radical (unpaired) electrons. The van der Waals surface area contributed by atoms with Crippen LogP contribution in [0.3, 0.4) is 0 Å². The zero-order chi connectivity index (χ0) is 13.2. The van der Waals surface area contributed by atoms with Gasteiger partial charge in [0.25, 0.3) is 0 Å². The number of nitrogens with zero attached hydrogens (tertiary/aromatic N) is 1. The van der Waals surface area contributed by atoms with Gasteiger partial charge in [-0.25, -0.2) is 9.59 Å². The summed E-state index contributed by atoms with van der Waals surface area (Å²) >= 11 is 0. The van der Waals surface area contributed by atoms with Crippen molar-refractivity contribution in [2.45, 2.75) is 52.2 Å². The monoisotopic (exact) mass is 240 g/mol. The summed E-state index contributed by atoms with van der Waals surface area (Å²) in [4.78, 5) is 24.3. The van der Waals surface area contributed by atoms with Gasteiger partial charge in [0, 0.05) is 11.6 Å². The minimum Gasteiger partial charge on any atom is -0.453 e. The summed E-state index contributed by atoms with van der Waals surface area (Å²) in [6, 6.07) is -0.567. The third-order valence-corrected chi connectivity index (χ3v) is 2.55. The van der Waals surface area contributed by atoms with Crippen LogP contribution < -0.4 is 5.73 Å². The van der Waals surface area contributed by atoms with Gasteiger partial charge in [-0.3, -0.25) is 4.90 Å². The Bertz CT molecular complexity index is 355. The van der Waals surface area contributed by atoms with Crippen molar-refractivity contribution in [2.24, 2.45) is 5.73 Å². The molecule has 1 heterocycles. The topological polar surface area (TPSA) is 72.6 Å². The average molecular weight is 240 g/mol. The van der Waals surface area contributed by atoms with Crippen molar-refractivity contribution in [3.8, 4) is 0 Å². The Hall–Kier alpha value is -1.52. The Morgan fingerprint density at radius 2 is 2.12 bits per heavy atom. The van der Waals surface area contributed by atoms with Crippen LogP contribution >= 0.6 is 0 Å². The minimum absolute atomic E-state index is 0.362. The van der Waals surface area contributed by atoms with Gasteiger partial charge in [-0.2, -0.15) is 0 Å². The number of primary amides is 1. The standard InChI is InChI=1S/C12H20N2O3/c1-5-6-9-8(7-10(15)17-9)14(11(13)16)12(2,3)4/h7,9H,5-6H2,1-4H3,(H2,13,16). The lowest BCUT2D eigenvalue weighted by Crippen LogP contribution is -2.49. The first kappa shape index (κ1) is 13.5. The molecule has 0 saturated carbocycles. The van der Waals surface area contributed by atoms with Gasteiger partial charge in [-0.1, -0.05) is 13.3 Å². The number of esters is 1. The van der Waals surface area contributed by atoms with Crippen LogP contribution in [-0.4, -0.2) is 28.5 Å². The first-order valence-corrected chi connectivity index (χ1v) is 5.79. The van der Waals surface area contributed by atoms with Crippen molar-refractivity contribution < 1.29 is 14.3 Å². The summed E-state index contributed by atoms with van der Waals surface area (Å²) in [5.74, 6) is -0.408. The summed E-state index contributed by atoms with van der Waals surface area (Å²) in [5, 5.41) is 0. The van der Waals surface area contributed by atoms with E-state index >= 15 is 0 Å². The first-order chi connectivity index (χ1) is 7.77. The van der Waals surface area contributed by atoms with E-state index in [9.17, 15) is 9.59 Å². The molecule has 1 aliphatic heterocycles. The second kappa shape index (κ2) is 4.77. The molecule has 1 atom stereocenters. The fourth-order valence-electron chi connectivity index (χ4n) is 1.97. The molecular formula is C12H20N2O3. The molecule has 5 nitrogen and oxygen atoms in total. The molecule has 5 heteroatoms. The van der Waals surface area contributed by atoms with E-state index in [4.69, 9.17) is 10.5 Å². The predicted octanol–water partition coefficient (Wildman–Crippen LogP) is 1.78. The summed E-state index contributed by atoms with van der Waals surface area (Å²) in [5.41, 5.74) is 5.48. The molecule has 96 valence electrons. The summed E-state index contributed by atoms with van der Waals surface area (Å²) in [6.45, 7) is 7.59. The molecule has 1 unspecified atom stereocenters. The molecule has 0 aliphatic carbocycles. The van der Waals surface area contributed by atoms with E-state index in [1.165, 1.54) is 11.0 Å². The van der Waals surface area contributed by atoms with Crippen LogP contribution in [0.5, 0.6) is 0 Å². The maximum absolute atomic E-state index is 11.5. The number of urea groups is 1. The minimum atomic E-state index is -0.567. The van der Waals surface area contributed by atoms with Gasteiger partial charge in [0.05, 0.1) is 5.70 Å². The largest absolute Gasteiger partial charge is 0.453 e. The van der Waals surface area contributed by atoms with Crippen molar-refractivity contribution in [1.29, 1.82) is 0 Å². The van der Waals surface area contributed by atoms with E-state index in [0.29, 0.717) is 12.1 Å². The van der Waals surface area contributed by atoms with E-state index in [2.05, 4.69) is 0 Å². The van der Waals surface area contributed by atoms with E-state index in [1.807, 2.05) is 27.7 Å². The van der Waals surface area contributed by atoms with Gasteiger partial charge in [0.1, 0.15) is 6.10 Å². The molecule has 0 aromatic heterocycles. The lowest BCUT2D eigenvalue weighted by Gasteiger charge is -2.36. The molecule has 2 amide bonds. The average Bonchev–Trinajstić information content (AvgIpc) is 2.44. The molecule has 1 rings (SSSR count). The molecule has 0 aromatic carbocycles. The highest BCUT2D eigenvalue weighted by atomic mass is 16.5. The molecule has 17 heavy (non-hydrogen) atoms. The zero-order valence-electron chi connectivity index (χ0n) is 10.8. The molecule has 0 bridgehead atoms. The van der Waals surface area contributed by atoms with Gasteiger partial charge in [0.15, 0.2) is 0 Å². The quantitative estimate of drug-likeness (QED) is 0.764. The van der Waals surface area contributed by atoms with Gasteiger partial charge in [0.2, 0.25) is 0 Å². The Balaban J connectivity index is 3.05. The van der Waals surface area contributed by atoms with Gasteiger partial charge >= 0.3 is 12.0 Å². The lowest BCUT2D eigenvalue weighted by molar-refractivity contribution is -0.139. The number of cyclic esters (lactones) is 1. The Morgan fingerprint density at radius 1 is 1.53 bits per heavy atom. The van der Waals surface area contributed by atoms with Crippen molar-refractivity contribution in [3.05, 3.63) is 11.8 Å². The highest BCUT2D eigenvalue weighted by molar-refractivity contribution is 5.88. The normalized spacial score (nSPS) is 19.9. The van der Waals surface area contributed by atoms with Crippen molar-refractivity contribution >= 4 is 12.0 Å². The fraction of sp³-hybridized carbons (Fsp3) is 0.667. The maximum atomic E-state index is 11.5. The second-order valence-corrected chi connectivity index (χ2v) is 5.13. The smallest absolute Gasteiger partial charge is 0.333 e. The Morgan fingerprint density at radius 3 is 2.53 bits per heavy atom. The number of carbonyl (C=O) groups is 2. The molecule has 1 aliphatic rings. The SMILES string of the molecule is CCCC1OC(=O)C=C1N(C(N)=O)C(C)(C)C. The van der Waals surface area contributed by atoms with Crippen molar-refractivity contribution in [3.63, 3.8) is 0 Å². The first-order valence-electron chi connectivity index (χ1n) is 5.79. The number of carbonyl (C=O) groups excluding carboxylic acids is 2. The highest BCUT2D eigenvalue weighted by Gasteiger charge is 2.37. The molecule has 0 aromatic rings. The van der Waals surface area contributed by atoms with Crippen LogP contribution in [0, 0.1) is 0 Å². The Labute approximate surface area is 102 Å². The summed E-state index contributed by atoms with van der Waals surface area (Å²) in [6.07, 6.45) is 2.55. The molecule has 0 fully saturated rings. The fourth-order valence-corrected chi connectivity index (χ4v) is 1.97. The van der Waals surface area contributed by atoms with Gasteiger partial charge < -0.3 is 10.5 Å². The lowest BCUT2D eigenvalue weighted by atomic mass is 10.0. The van der Waals surface area contributed by atoms with Crippen molar-refractivity contribution in [1.82, 2.24) is 4.90 Å². The number of nitrogens with two attached hydrogens (primary N) is 1. The Kier molecular flexibility index (Phi) is 3.80. The number of rotatable bonds is 3. The van der Waals surface area contributed by atoms with Crippen LogP contribution in [0.1, 0.15) is 40.5 Å². The summed E-state index contributed by atoms with van der Waals surface area (Å²) < 4.78 is 5.16. The van der Waals surface area contributed by atoms with E-state index in [1.54, 1.807) is 0 Å². The third-order valence-electron chi connectivity index (χ3n) is 2.55. The molecular weight excluding hydrogens is 220 g/mol. The number of amides is 2. The number of hydrogen-bond acceptors (Lipinski definition) is 3. The van der Waals surface area contributed by atoms with Crippen LogP contribution in [0.25, 0.3) is 0 Å². The molecule has 0 spiro atoms. The molecule has 2 N–H and O–H groups in total. The van der Waals surface area contributed by atoms with Crippen molar-refractivity contribution in [2.75, 3.05) is 0 Å². The van der Waals surface area contributed by atoms with E-state index in [-0.39, 0.29) is 6.10 Å². The van der Waals surface area contributed by atoms with E-state index < -0.39 is 17.5 Å². The second-order valence-electron chi connectivity index (χ2n) is 5.13. The number of ether oxygens (including phenoxy) is 1. The summed E-state index contributed by atoms with van der Waals surface area (Å²) in [7, 11) is 0. The molecule has 0 saturated heterocycles. The third kappa shape index (κ3) is 2.99. The number of hydrogen-bond donors (Lipinski definition) is 1. The van der Waals surface area contributed by atoms with Gasteiger partial charge in [-0.05, 0) is 27.2 Å². The van der Waals surface area contributed by atoms with E-state index in [0.717, 1.165) is 6.42 Å². The van der Waals surface area contributed by atoms with Crippen LogP contribution in [-0.2, 0) is 9.53 Å². The van der Waals surface area contributed by atoms with Crippen LogP contribution in [0.15, 0.2) is 11.8 Å². The maximum Gasteiger partial charge on any atom is 0.333 e. The van der Waals surface area contributed by atoms with Gasteiger partial charge in [-0.15, -0.1) is 0 Å². The predicted molar refractivity (Wildman–Crippen MR) is 64.0 cm³/mol. The highest BCUT2D eigenvalue weighted by Crippen LogP contribution is 2.29. The van der Waals surface area contributed by atoms with Crippen LogP contribution in [0.4, 0.5) is 4.79 Å².